The number of nitrogens with zero attached hydrogens (tertiary/aromatic N) is 4. The van der Waals surface area contributed by atoms with Crippen molar-refractivity contribution in [2.24, 2.45) is 4.99 Å². The van der Waals surface area contributed by atoms with Gasteiger partial charge in [0.15, 0.2) is 0 Å². The van der Waals surface area contributed by atoms with E-state index in [1.807, 2.05) is 39.8 Å². The summed E-state index contributed by atoms with van der Waals surface area (Å²) in [7, 11) is -0.667. The van der Waals surface area contributed by atoms with Gasteiger partial charge in [-0.3, -0.25) is 9.80 Å². The van der Waals surface area contributed by atoms with Crippen LogP contribution in [0, 0.1) is 5.82 Å². The molecule has 9 nitrogen and oxygen atoms in total. The number of amidine groups is 1. The number of hydrogen-bond acceptors (Lipinski definition) is 6. The first-order valence-electron chi connectivity index (χ1n) is 15.3. The highest BCUT2D eigenvalue weighted by atomic mass is 32.2. The van der Waals surface area contributed by atoms with Crippen LogP contribution in [0.3, 0.4) is 0 Å². The average Bonchev–Trinajstić information content (AvgIpc) is 3.23. The number of sulfonamides is 1. The molecule has 1 N–H and O–H groups in total. The van der Waals surface area contributed by atoms with Crippen LogP contribution in [0.25, 0.3) is 11.1 Å². The van der Waals surface area contributed by atoms with Gasteiger partial charge in [0.05, 0.1) is 16.7 Å². The van der Waals surface area contributed by atoms with E-state index in [-0.39, 0.29) is 17.0 Å². The van der Waals surface area contributed by atoms with Crippen LogP contribution < -0.4 is 15.0 Å². The number of rotatable bonds is 9. The van der Waals surface area contributed by atoms with Crippen molar-refractivity contribution in [1.82, 2.24) is 14.5 Å². The number of piperidine rings is 1. The lowest BCUT2D eigenvalue weighted by atomic mass is 9.83. The second-order valence-corrected chi connectivity index (χ2v) is 14.6. The zero-order chi connectivity index (χ0) is 32.5. The van der Waals surface area contributed by atoms with Crippen LogP contribution in [0.5, 0.6) is 5.75 Å². The Morgan fingerprint density at radius 1 is 1.00 bits per heavy atom. The van der Waals surface area contributed by atoms with Crippen molar-refractivity contribution in [3.8, 4) is 16.9 Å². The fraction of sp³-hybridized carbons (Fsp3) is 0.412. The molecule has 0 saturated carbocycles. The Morgan fingerprint density at radius 3 is 2.31 bits per heavy atom. The largest absolute Gasteiger partial charge is 0.491 e. The van der Waals surface area contributed by atoms with E-state index < -0.39 is 27.4 Å². The molecule has 0 unspecified atom stereocenters. The van der Waals surface area contributed by atoms with E-state index in [2.05, 4.69) is 27.3 Å². The number of nitrogens with one attached hydrogen (secondary N) is 1. The fourth-order valence-electron chi connectivity index (χ4n) is 6.05. The summed E-state index contributed by atoms with van der Waals surface area (Å²) in [6.07, 6.45) is 1.27. The lowest BCUT2D eigenvalue weighted by Gasteiger charge is -2.45. The molecule has 2 amide bonds. The first-order chi connectivity index (χ1) is 21.3. The molecule has 3 aromatic rings. The molecule has 0 atom stereocenters. The maximum atomic E-state index is 14.9. The number of urea groups is 1. The quantitative estimate of drug-likeness (QED) is 0.315. The van der Waals surface area contributed by atoms with Crippen LogP contribution >= 0.6 is 0 Å². The number of aliphatic imine (C=N–C) groups is 1. The third-order valence-corrected chi connectivity index (χ3v) is 10.0. The number of carbonyl (C=O) groups is 1. The van der Waals surface area contributed by atoms with Crippen molar-refractivity contribution >= 4 is 27.6 Å². The standard InChI is InChI=1S/C34H42FN5O4S/c1-23(2)36-32-34(16-18-39(19-17-34)22-25-8-7-9-28(20-25)44-24(3)4)40(33(41)37-32)31-21-27(35)12-15-30(31)26-10-13-29(14-11-26)45(42,43)38(5)6/h7-15,20-21,23-24H,16-19,22H2,1-6H3,(H,36,37,41). The van der Waals surface area contributed by atoms with Crippen molar-refractivity contribution in [2.75, 3.05) is 32.1 Å². The summed E-state index contributed by atoms with van der Waals surface area (Å²) in [4.78, 5) is 22.4. The summed E-state index contributed by atoms with van der Waals surface area (Å²) in [5, 5.41) is 3.42. The predicted molar refractivity (Wildman–Crippen MR) is 176 cm³/mol. The van der Waals surface area contributed by atoms with Crippen LogP contribution in [0.15, 0.2) is 76.6 Å². The Morgan fingerprint density at radius 2 is 1.69 bits per heavy atom. The molecule has 0 aromatic heterocycles. The smallest absolute Gasteiger partial charge is 0.350 e. The summed E-state index contributed by atoms with van der Waals surface area (Å²) in [6.45, 7) is 10.1. The van der Waals surface area contributed by atoms with Gasteiger partial charge in [-0.2, -0.15) is 4.99 Å². The summed E-state index contributed by atoms with van der Waals surface area (Å²) in [6, 6.07) is 18.5. The second kappa shape index (κ2) is 12.9. The molecule has 1 fully saturated rings. The minimum absolute atomic E-state index is 0.0354. The normalized spacial score (nSPS) is 17.1. The van der Waals surface area contributed by atoms with Crippen molar-refractivity contribution in [3.05, 3.63) is 78.1 Å². The predicted octanol–water partition coefficient (Wildman–Crippen LogP) is 5.90. The monoisotopic (exact) mass is 635 g/mol. The molecule has 5 rings (SSSR count). The molecule has 1 saturated heterocycles. The number of halogens is 1. The number of amides is 2. The van der Waals surface area contributed by atoms with Crippen molar-refractivity contribution in [2.45, 2.75) is 69.7 Å². The number of anilines is 1. The lowest BCUT2D eigenvalue weighted by molar-refractivity contribution is 0.181. The summed E-state index contributed by atoms with van der Waals surface area (Å²) in [5.41, 5.74) is 2.03. The maximum absolute atomic E-state index is 14.9. The van der Waals surface area contributed by atoms with Gasteiger partial charge in [0.25, 0.3) is 0 Å². The first kappa shape index (κ1) is 32.6. The van der Waals surface area contributed by atoms with Crippen LogP contribution in [0.2, 0.25) is 0 Å². The van der Waals surface area contributed by atoms with Crippen LogP contribution in [0.4, 0.5) is 14.9 Å². The molecule has 240 valence electrons. The SMILES string of the molecule is CC(C)NC1=NC(=O)N(c2cc(F)ccc2-c2ccc(S(=O)(=O)N(C)C)cc2)C12CCN(Cc1cccc(OC(C)C)c1)CC2. The highest BCUT2D eigenvalue weighted by molar-refractivity contribution is 7.89. The Hall–Kier alpha value is -3.80. The number of carbonyl (C=O) groups excluding carboxylic acids is 1. The van der Waals surface area contributed by atoms with Crippen LogP contribution in [0.1, 0.15) is 46.1 Å². The van der Waals surface area contributed by atoms with Gasteiger partial charge in [-0.25, -0.2) is 21.9 Å². The Labute approximate surface area is 265 Å². The van der Waals surface area contributed by atoms with E-state index in [0.29, 0.717) is 48.6 Å². The van der Waals surface area contributed by atoms with Gasteiger partial charge in [-0.05, 0) is 94.1 Å². The highest BCUT2D eigenvalue weighted by Crippen LogP contribution is 2.43. The maximum Gasteiger partial charge on any atom is 0.350 e. The Balaban J connectivity index is 1.47. The third kappa shape index (κ3) is 6.75. The van der Waals surface area contributed by atoms with Crippen molar-refractivity contribution < 1.29 is 22.3 Å². The van der Waals surface area contributed by atoms with E-state index in [4.69, 9.17) is 4.74 Å². The molecule has 2 aliphatic heterocycles. The zero-order valence-corrected chi connectivity index (χ0v) is 27.6. The van der Waals surface area contributed by atoms with Crippen LogP contribution in [-0.4, -0.2) is 74.4 Å². The van der Waals surface area contributed by atoms with Gasteiger partial charge in [-0.15, -0.1) is 0 Å². The van der Waals surface area contributed by atoms with Gasteiger partial charge < -0.3 is 10.1 Å². The summed E-state index contributed by atoms with van der Waals surface area (Å²) in [5.74, 6) is 0.955. The van der Waals surface area contributed by atoms with E-state index in [1.54, 1.807) is 23.1 Å². The van der Waals surface area contributed by atoms with E-state index in [1.165, 1.54) is 38.4 Å². The molecule has 1 spiro atoms. The van der Waals surface area contributed by atoms with E-state index >= 15 is 0 Å². The first-order valence-corrected chi connectivity index (χ1v) is 16.7. The van der Waals surface area contributed by atoms with Gasteiger partial charge in [0.1, 0.15) is 22.9 Å². The third-order valence-electron chi connectivity index (χ3n) is 8.20. The molecule has 11 heteroatoms. The molecule has 3 aromatic carbocycles. The molecule has 0 bridgehead atoms. The van der Waals surface area contributed by atoms with E-state index in [9.17, 15) is 17.6 Å². The molecular formula is C34H42FN5O4S. The minimum Gasteiger partial charge on any atom is -0.491 e. The lowest BCUT2D eigenvalue weighted by Crippen LogP contribution is -2.61. The Bertz CT molecular complexity index is 1680. The highest BCUT2D eigenvalue weighted by Gasteiger charge is 2.52. The Kier molecular flexibility index (Phi) is 9.34. The van der Waals surface area contributed by atoms with Gasteiger partial charge in [-0.1, -0.05) is 24.3 Å². The van der Waals surface area contributed by atoms with Crippen LogP contribution in [-0.2, 0) is 16.6 Å². The van der Waals surface area contributed by atoms with Gasteiger partial charge in [0, 0.05) is 45.3 Å². The molecular weight excluding hydrogens is 593 g/mol. The second-order valence-electron chi connectivity index (χ2n) is 12.5. The summed E-state index contributed by atoms with van der Waals surface area (Å²) < 4.78 is 47.3. The molecule has 2 heterocycles. The minimum atomic E-state index is -3.62. The number of ether oxygens (including phenoxy) is 1. The number of benzene rings is 3. The molecule has 0 aliphatic carbocycles. The molecule has 0 radical (unpaired) electrons. The molecule has 2 aliphatic rings. The number of likely N-dealkylation sites (tertiary alicyclic amines) is 1. The van der Waals surface area contributed by atoms with E-state index in [0.717, 1.165) is 22.2 Å². The molecule has 45 heavy (non-hydrogen) atoms. The average molecular weight is 636 g/mol. The van der Waals surface area contributed by atoms with Gasteiger partial charge >= 0.3 is 6.03 Å². The van der Waals surface area contributed by atoms with Crippen molar-refractivity contribution in [3.63, 3.8) is 0 Å². The summed E-state index contributed by atoms with van der Waals surface area (Å²) >= 11 is 0. The topological polar surface area (TPSA) is 94.5 Å². The fourth-order valence-corrected chi connectivity index (χ4v) is 6.95. The van der Waals surface area contributed by atoms with Gasteiger partial charge in [0.2, 0.25) is 10.0 Å². The number of hydrogen-bond donors (Lipinski definition) is 1. The van der Waals surface area contributed by atoms with Crippen molar-refractivity contribution in [1.29, 1.82) is 0 Å². The zero-order valence-electron chi connectivity index (χ0n) is 26.7.